The van der Waals surface area contributed by atoms with Crippen molar-refractivity contribution in [3.8, 4) is 11.1 Å². The number of ketones is 1. The summed E-state index contributed by atoms with van der Waals surface area (Å²) in [6, 6.07) is 26.1. The number of carbonyl (C=O) groups is 3. The topological polar surface area (TPSA) is 105 Å². The van der Waals surface area contributed by atoms with Crippen LogP contribution in [0.1, 0.15) is 38.8 Å². The van der Waals surface area contributed by atoms with Gasteiger partial charge in [0.05, 0.1) is 21.6 Å². The molecule has 0 aliphatic carbocycles. The molecule has 0 saturated carbocycles. The monoisotopic (exact) mass is 612 g/mol. The number of carbonyl (C=O) groups excluding carboxylic acids is 2. The zero-order valence-corrected chi connectivity index (χ0v) is 24.5. The molecule has 2 N–H and O–H groups in total. The summed E-state index contributed by atoms with van der Waals surface area (Å²) in [5, 5.41) is 13.3. The molecule has 0 fully saturated rings. The molecule has 216 valence electrons. The van der Waals surface area contributed by atoms with Gasteiger partial charge in [-0.05, 0) is 65.6 Å². The Kier molecular flexibility index (Phi) is 8.76. The SMILES string of the molecule is C[C@H](NC(=O)c1ccc(-c2ccccc2)cc1)C(=O)Cc1ccc2c(c1)c(=O)c(C(=O)O)cn2Cc1ccc(Cl)c(Cl)c1. The van der Waals surface area contributed by atoms with Crippen molar-refractivity contribution in [1.29, 1.82) is 0 Å². The lowest BCUT2D eigenvalue weighted by Crippen LogP contribution is -2.39. The first-order valence-corrected chi connectivity index (χ1v) is 14.2. The van der Waals surface area contributed by atoms with E-state index < -0.39 is 23.0 Å². The minimum absolute atomic E-state index is 0.0616. The number of carboxylic acids is 1. The number of carboxylic acid groups (broad SMARTS) is 1. The molecular formula is C34H26Cl2N2O5. The van der Waals surface area contributed by atoms with Gasteiger partial charge in [-0.3, -0.25) is 14.4 Å². The number of Topliss-reactive ketones (excluding diaryl/α,β-unsaturated/α-hetero) is 1. The van der Waals surface area contributed by atoms with E-state index in [0.29, 0.717) is 26.7 Å². The van der Waals surface area contributed by atoms with E-state index in [0.717, 1.165) is 16.7 Å². The number of benzene rings is 4. The summed E-state index contributed by atoms with van der Waals surface area (Å²) in [5.41, 5.74) is 3.16. The zero-order valence-electron chi connectivity index (χ0n) is 23.0. The van der Waals surface area contributed by atoms with Crippen LogP contribution >= 0.6 is 23.2 Å². The first-order valence-electron chi connectivity index (χ1n) is 13.4. The molecule has 9 heteroatoms. The molecule has 0 saturated heterocycles. The van der Waals surface area contributed by atoms with Crippen molar-refractivity contribution >= 4 is 51.8 Å². The van der Waals surface area contributed by atoms with Gasteiger partial charge in [-0.2, -0.15) is 0 Å². The number of rotatable bonds is 9. The zero-order chi connectivity index (χ0) is 30.7. The van der Waals surface area contributed by atoms with E-state index in [1.165, 1.54) is 12.3 Å². The van der Waals surface area contributed by atoms with E-state index in [4.69, 9.17) is 23.2 Å². The van der Waals surface area contributed by atoms with Crippen LogP contribution in [0.2, 0.25) is 10.0 Å². The highest BCUT2D eigenvalue weighted by Crippen LogP contribution is 2.24. The fraction of sp³-hybridized carbons (Fsp3) is 0.118. The second-order valence-corrected chi connectivity index (χ2v) is 11.0. The first kappa shape index (κ1) is 29.8. The smallest absolute Gasteiger partial charge is 0.341 e. The molecule has 0 spiro atoms. The van der Waals surface area contributed by atoms with Gasteiger partial charge in [0.2, 0.25) is 5.43 Å². The van der Waals surface area contributed by atoms with Gasteiger partial charge >= 0.3 is 5.97 Å². The molecule has 7 nitrogen and oxygen atoms in total. The summed E-state index contributed by atoms with van der Waals surface area (Å²) in [7, 11) is 0. The van der Waals surface area contributed by atoms with Crippen LogP contribution in [0, 0.1) is 0 Å². The number of hydrogen-bond acceptors (Lipinski definition) is 4. The summed E-state index contributed by atoms with van der Waals surface area (Å²) < 4.78 is 1.65. The van der Waals surface area contributed by atoms with E-state index >= 15 is 0 Å². The van der Waals surface area contributed by atoms with Crippen LogP contribution in [0.4, 0.5) is 0 Å². The van der Waals surface area contributed by atoms with Crippen LogP contribution in [0.5, 0.6) is 0 Å². The molecule has 0 aliphatic heterocycles. The van der Waals surface area contributed by atoms with Gasteiger partial charge in [-0.1, -0.05) is 77.8 Å². The number of nitrogens with one attached hydrogen (secondary N) is 1. The Morgan fingerprint density at radius 1 is 0.837 bits per heavy atom. The average molecular weight is 613 g/mol. The van der Waals surface area contributed by atoms with E-state index in [2.05, 4.69) is 5.32 Å². The van der Waals surface area contributed by atoms with Crippen LogP contribution in [-0.4, -0.2) is 33.4 Å². The normalized spacial score (nSPS) is 11.7. The Balaban J connectivity index is 1.34. The van der Waals surface area contributed by atoms with Gasteiger partial charge in [-0.25, -0.2) is 4.79 Å². The number of amides is 1. The number of pyridine rings is 1. The second-order valence-electron chi connectivity index (χ2n) is 10.2. The van der Waals surface area contributed by atoms with E-state index in [1.807, 2.05) is 42.5 Å². The summed E-state index contributed by atoms with van der Waals surface area (Å²) in [5.74, 6) is -2.00. The van der Waals surface area contributed by atoms with E-state index in [9.17, 15) is 24.3 Å². The van der Waals surface area contributed by atoms with Crippen LogP contribution in [0.3, 0.4) is 0 Å². The average Bonchev–Trinajstić information content (AvgIpc) is 3.00. The van der Waals surface area contributed by atoms with Crippen molar-refractivity contribution in [3.05, 3.63) is 140 Å². The van der Waals surface area contributed by atoms with Gasteiger partial charge in [0, 0.05) is 30.1 Å². The number of aromatic nitrogens is 1. The highest BCUT2D eigenvalue weighted by Gasteiger charge is 2.19. The van der Waals surface area contributed by atoms with Crippen molar-refractivity contribution in [3.63, 3.8) is 0 Å². The third kappa shape index (κ3) is 6.69. The Hall–Kier alpha value is -4.72. The predicted molar refractivity (Wildman–Crippen MR) is 168 cm³/mol. The molecule has 43 heavy (non-hydrogen) atoms. The fourth-order valence-corrected chi connectivity index (χ4v) is 5.15. The molecule has 0 unspecified atom stereocenters. The van der Waals surface area contributed by atoms with Crippen molar-refractivity contribution in [1.82, 2.24) is 9.88 Å². The Morgan fingerprint density at radius 3 is 2.19 bits per heavy atom. The molecular weight excluding hydrogens is 587 g/mol. The molecule has 5 aromatic rings. The summed E-state index contributed by atoms with van der Waals surface area (Å²) in [6.45, 7) is 1.84. The Morgan fingerprint density at radius 2 is 1.51 bits per heavy atom. The first-order chi connectivity index (χ1) is 20.6. The standard InChI is InChI=1S/C34H26Cl2N2O5/c1-20(37-33(41)25-11-9-24(10-12-25)23-5-3-2-4-6-23)31(39)17-21-8-14-30-26(15-21)32(40)27(34(42)43)19-38(30)18-22-7-13-28(35)29(36)16-22/h2-16,19-20H,17-18H2,1H3,(H,37,41)(H,42,43)/t20-/m0/s1. The van der Waals surface area contributed by atoms with E-state index in [-0.39, 0.29) is 30.0 Å². The van der Waals surface area contributed by atoms with Crippen molar-refractivity contribution < 1.29 is 19.5 Å². The molecule has 5 rings (SSSR count). The van der Waals surface area contributed by atoms with Gasteiger partial charge in [0.25, 0.3) is 5.91 Å². The largest absolute Gasteiger partial charge is 0.477 e. The predicted octanol–water partition coefficient (Wildman–Crippen LogP) is 6.65. The molecule has 4 aromatic carbocycles. The maximum atomic E-state index is 13.1. The van der Waals surface area contributed by atoms with Crippen molar-refractivity contribution in [2.24, 2.45) is 0 Å². The van der Waals surface area contributed by atoms with Gasteiger partial charge in [-0.15, -0.1) is 0 Å². The minimum Gasteiger partial charge on any atom is -0.477 e. The minimum atomic E-state index is -1.36. The number of hydrogen-bond donors (Lipinski definition) is 2. The van der Waals surface area contributed by atoms with E-state index in [1.54, 1.807) is 54.0 Å². The van der Waals surface area contributed by atoms with Crippen molar-refractivity contribution in [2.75, 3.05) is 0 Å². The summed E-state index contributed by atoms with van der Waals surface area (Å²) >= 11 is 12.2. The highest BCUT2D eigenvalue weighted by atomic mass is 35.5. The maximum Gasteiger partial charge on any atom is 0.341 e. The lowest BCUT2D eigenvalue weighted by molar-refractivity contribution is -0.119. The van der Waals surface area contributed by atoms with Gasteiger partial charge < -0.3 is 15.0 Å². The maximum absolute atomic E-state index is 13.1. The number of halogens is 2. The van der Waals surface area contributed by atoms with Gasteiger partial charge in [0.1, 0.15) is 5.56 Å². The number of nitrogens with zero attached hydrogens (tertiary/aromatic N) is 1. The fourth-order valence-electron chi connectivity index (χ4n) is 4.83. The summed E-state index contributed by atoms with van der Waals surface area (Å²) in [4.78, 5) is 50.9. The van der Waals surface area contributed by atoms with Gasteiger partial charge in [0.15, 0.2) is 5.78 Å². The highest BCUT2D eigenvalue weighted by molar-refractivity contribution is 6.42. The number of fused-ring (bicyclic) bond motifs is 1. The molecule has 0 bridgehead atoms. The van der Waals surface area contributed by atoms with Crippen LogP contribution in [0.15, 0.2) is 102 Å². The second kappa shape index (κ2) is 12.7. The Bertz CT molecular complexity index is 1920. The molecule has 1 aromatic heterocycles. The molecule has 1 atom stereocenters. The Labute approximate surface area is 257 Å². The quantitative estimate of drug-likeness (QED) is 0.194. The molecule has 1 heterocycles. The molecule has 0 aliphatic rings. The lowest BCUT2D eigenvalue weighted by atomic mass is 10.0. The van der Waals surface area contributed by atoms with Crippen molar-refractivity contribution in [2.45, 2.75) is 25.9 Å². The van der Waals surface area contributed by atoms with Crippen LogP contribution < -0.4 is 10.7 Å². The third-order valence-electron chi connectivity index (χ3n) is 7.18. The van der Waals surface area contributed by atoms with Crippen LogP contribution in [-0.2, 0) is 17.8 Å². The molecule has 0 radical (unpaired) electrons. The summed E-state index contributed by atoms with van der Waals surface area (Å²) in [6.07, 6.45) is 1.23. The van der Waals surface area contributed by atoms with Crippen LogP contribution in [0.25, 0.3) is 22.0 Å². The lowest BCUT2D eigenvalue weighted by Gasteiger charge is -2.15. The molecule has 1 amide bonds. The number of aromatic carboxylic acids is 1. The third-order valence-corrected chi connectivity index (χ3v) is 7.91.